The zero-order chi connectivity index (χ0) is 8.20. The van der Waals surface area contributed by atoms with Crippen molar-refractivity contribution in [1.82, 2.24) is 0 Å². The van der Waals surface area contributed by atoms with E-state index in [1.807, 2.05) is 11.8 Å². The van der Waals surface area contributed by atoms with Crippen LogP contribution in [0.1, 0.15) is 20.8 Å². The Morgan fingerprint density at radius 2 is 2.00 bits per heavy atom. The third-order valence-electron chi connectivity index (χ3n) is 0.940. The van der Waals surface area contributed by atoms with Crippen molar-refractivity contribution in [1.29, 1.82) is 0 Å². The lowest BCUT2D eigenvalue weighted by molar-refractivity contribution is 0.805. The monoisotopic (exact) mass is 160 g/mol. The quantitative estimate of drug-likeness (QED) is 0.491. The van der Waals surface area contributed by atoms with E-state index in [9.17, 15) is 0 Å². The maximum Gasteiger partial charge on any atom is 0.103 e. The fourth-order valence-corrected chi connectivity index (χ4v) is 1.06. The fraction of sp³-hybridized carbons (Fsp3) is 0.857. The predicted octanol–water partition coefficient (Wildman–Crippen LogP) is 1.51. The molecule has 0 aromatic heterocycles. The highest BCUT2D eigenvalue weighted by Gasteiger charge is 2.10. The summed E-state index contributed by atoms with van der Waals surface area (Å²) in [6, 6.07) is 0. The van der Waals surface area contributed by atoms with Gasteiger partial charge in [-0.25, -0.2) is 0 Å². The van der Waals surface area contributed by atoms with Crippen molar-refractivity contribution in [2.24, 2.45) is 10.7 Å². The van der Waals surface area contributed by atoms with E-state index in [1.54, 1.807) is 7.05 Å². The molecule has 0 saturated heterocycles. The molecule has 0 aromatic rings. The summed E-state index contributed by atoms with van der Waals surface area (Å²) in [6.07, 6.45) is 0. The van der Waals surface area contributed by atoms with E-state index in [4.69, 9.17) is 5.73 Å². The van der Waals surface area contributed by atoms with E-state index in [1.165, 1.54) is 0 Å². The smallest absolute Gasteiger partial charge is 0.103 e. The van der Waals surface area contributed by atoms with Crippen LogP contribution in [0.5, 0.6) is 0 Å². The van der Waals surface area contributed by atoms with Crippen molar-refractivity contribution in [3.63, 3.8) is 0 Å². The number of amidine groups is 1. The molecule has 2 nitrogen and oxygen atoms in total. The fourth-order valence-electron chi connectivity index (χ4n) is 0.355. The average Bonchev–Trinajstić information content (AvgIpc) is 1.81. The van der Waals surface area contributed by atoms with Crippen LogP contribution in [-0.4, -0.2) is 23.4 Å². The lowest BCUT2D eigenvalue weighted by Gasteiger charge is -2.16. The van der Waals surface area contributed by atoms with Crippen molar-refractivity contribution in [3.05, 3.63) is 0 Å². The predicted molar refractivity (Wildman–Crippen MR) is 49.8 cm³/mol. The summed E-state index contributed by atoms with van der Waals surface area (Å²) in [5.41, 5.74) is 5.51. The first-order valence-electron chi connectivity index (χ1n) is 3.31. The largest absolute Gasteiger partial charge is 0.387 e. The number of nitrogens with two attached hydrogens (primary N) is 1. The molecule has 0 aliphatic heterocycles. The normalized spacial score (nSPS) is 13.8. The molecule has 0 aliphatic rings. The van der Waals surface area contributed by atoms with Gasteiger partial charge >= 0.3 is 0 Å². The van der Waals surface area contributed by atoms with Gasteiger partial charge in [0.15, 0.2) is 0 Å². The standard InChI is InChI=1S/C7H16N2S/c1-7(2,3)10-5-6(8)9-4/h5H2,1-4H3,(H2,8,9). The van der Waals surface area contributed by atoms with E-state index in [2.05, 4.69) is 25.8 Å². The van der Waals surface area contributed by atoms with Crippen LogP contribution in [0.4, 0.5) is 0 Å². The van der Waals surface area contributed by atoms with E-state index in [0.717, 1.165) is 11.6 Å². The van der Waals surface area contributed by atoms with E-state index in [-0.39, 0.29) is 4.75 Å². The first kappa shape index (κ1) is 9.82. The number of rotatable bonds is 2. The summed E-state index contributed by atoms with van der Waals surface area (Å²) in [6.45, 7) is 6.50. The summed E-state index contributed by atoms with van der Waals surface area (Å²) in [5.74, 6) is 1.56. The van der Waals surface area contributed by atoms with Gasteiger partial charge in [0.1, 0.15) is 5.84 Å². The molecule has 0 aliphatic carbocycles. The van der Waals surface area contributed by atoms with Crippen LogP contribution in [0.3, 0.4) is 0 Å². The number of nitrogens with zero attached hydrogens (tertiary/aromatic N) is 1. The van der Waals surface area contributed by atoms with Gasteiger partial charge in [-0.3, -0.25) is 4.99 Å². The van der Waals surface area contributed by atoms with E-state index in [0.29, 0.717) is 0 Å². The molecule has 3 heteroatoms. The van der Waals surface area contributed by atoms with Gasteiger partial charge in [-0.05, 0) is 0 Å². The van der Waals surface area contributed by atoms with E-state index >= 15 is 0 Å². The van der Waals surface area contributed by atoms with Gasteiger partial charge in [0.2, 0.25) is 0 Å². The molecule has 0 amide bonds. The maximum atomic E-state index is 5.51. The highest BCUT2D eigenvalue weighted by atomic mass is 32.2. The average molecular weight is 160 g/mol. The highest BCUT2D eigenvalue weighted by molar-refractivity contribution is 8.01. The van der Waals surface area contributed by atoms with Crippen LogP contribution in [0.2, 0.25) is 0 Å². The first-order valence-corrected chi connectivity index (χ1v) is 4.29. The minimum atomic E-state index is 0.287. The highest BCUT2D eigenvalue weighted by Crippen LogP contribution is 2.22. The molecule has 0 unspecified atom stereocenters. The van der Waals surface area contributed by atoms with Crippen LogP contribution in [-0.2, 0) is 0 Å². The van der Waals surface area contributed by atoms with Gasteiger partial charge in [-0.2, -0.15) is 0 Å². The Bertz CT molecular complexity index is 124. The second kappa shape index (κ2) is 3.86. The number of thioether (sulfide) groups is 1. The molecule has 0 heterocycles. The van der Waals surface area contributed by atoms with Gasteiger partial charge in [0, 0.05) is 11.8 Å². The molecule has 0 aromatic carbocycles. The Morgan fingerprint density at radius 1 is 1.50 bits per heavy atom. The van der Waals surface area contributed by atoms with Crippen LogP contribution in [0, 0.1) is 0 Å². The molecular weight excluding hydrogens is 144 g/mol. The van der Waals surface area contributed by atoms with Crippen molar-refractivity contribution in [2.45, 2.75) is 25.5 Å². The Kier molecular flexibility index (Phi) is 3.79. The summed E-state index contributed by atoms with van der Waals surface area (Å²) < 4.78 is 0.287. The van der Waals surface area contributed by atoms with E-state index < -0.39 is 0 Å². The van der Waals surface area contributed by atoms with Crippen LogP contribution in [0.25, 0.3) is 0 Å². The minimum Gasteiger partial charge on any atom is -0.387 e. The maximum absolute atomic E-state index is 5.51. The molecule has 2 N–H and O–H groups in total. The van der Waals surface area contributed by atoms with Crippen LogP contribution < -0.4 is 5.73 Å². The molecular formula is C7H16N2S. The third-order valence-corrected chi connectivity index (χ3v) is 2.25. The lowest BCUT2D eigenvalue weighted by atomic mass is 10.3. The van der Waals surface area contributed by atoms with Crippen molar-refractivity contribution >= 4 is 17.6 Å². The molecule has 0 spiro atoms. The summed E-state index contributed by atoms with van der Waals surface area (Å²) in [5, 5.41) is 0. The SMILES string of the molecule is CN=C(N)CSC(C)(C)C. The van der Waals surface area contributed by atoms with Crippen LogP contribution >= 0.6 is 11.8 Å². The number of aliphatic imine (C=N–C) groups is 1. The number of hydrogen-bond acceptors (Lipinski definition) is 2. The van der Waals surface area contributed by atoms with Crippen LogP contribution in [0.15, 0.2) is 4.99 Å². The summed E-state index contributed by atoms with van der Waals surface area (Å²) in [7, 11) is 1.72. The van der Waals surface area contributed by atoms with Crippen molar-refractivity contribution in [3.8, 4) is 0 Å². The molecule has 10 heavy (non-hydrogen) atoms. The van der Waals surface area contributed by atoms with Crippen molar-refractivity contribution in [2.75, 3.05) is 12.8 Å². The van der Waals surface area contributed by atoms with Gasteiger partial charge < -0.3 is 5.73 Å². The summed E-state index contributed by atoms with van der Waals surface area (Å²) in [4.78, 5) is 3.87. The Morgan fingerprint density at radius 3 is 2.30 bits per heavy atom. The molecule has 0 rings (SSSR count). The van der Waals surface area contributed by atoms with Gasteiger partial charge in [0.25, 0.3) is 0 Å². The second-order valence-corrected chi connectivity index (χ2v) is 4.92. The number of hydrogen-bond donors (Lipinski definition) is 1. The second-order valence-electron chi connectivity index (χ2n) is 3.12. The first-order chi connectivity index (χ1) is 4.45. The molecule has 0 radical (unpaired) electrons. The zero-order valence-corrected chi connectivity index (χ0v) is 7.96. The minimum absolute atomic E-state index is 0.287. The Hall–Kier alpha value is -0.180. The molecule has 0 atom stereocenters. The lowest BCUT2D eigenvalue weighted by Crippen LogP contribution is -2.19. The Balaban J connectivity index is 3.56. The van der Waals surface area contributed by atoms with Gasteiger partial charge in [-0.15, -0.1) is 11.8 Å². The van der Waals surface area contributed by atoms with Gasteiger partial charge in [-0.1, -0.05) is 20.8 Å². The van der Waals surface area contributed by atoms with Crippen molar-refractivity contribution < 1.29 is 0 Å². The molecule has 60 valence electrons. The van der Waals surface area contributed by atoms with Gasteiger partial charge in [0.05, 0.1) is 5.75 Å². The Labute approximate surface area is 67.3 Å². The molecule has 0 bridgehead atoms. The molecule has 0 fully saturated rings. The third kappa shape index (κ3) is 5.95. The topological polar surface area (TPSA) is 38.4 Å². The summed E-state index contributed by atoms with van der Waals surface area (Å²) >= 11 is 1.81. The zero-order valence-electron chi connectivity index (χ0n) is 7.14. The molecule has 0 saturated carbocycles.